The number of nitrogens with zero attached hydrogens (tertiary/aromatic N) is 1. The number of para-hydroxylation sites is 1. The Balaban J connectivity index is 1.62. The van der Waals surface area contributed by atoms with Gasteiger partial charge in [-0.05, 0) is 71.4 Å². The number of aryl methyl sites for hydroxylation is 1. The summed E-state index contributed by atoms with van der Waals surface area (Å²) in [6, 6.07) is 20.1. The highest BCUT2D eigenvalue weighted by Crippen LogP contribution is 2.26. The number of hydrogen-bond donors (Lipinski definition) is 0. The molecule has 0 N–H and O–H groups in total. The summed E-state index contributed by atoms with van der Waals surface area (Å²) in [6.07, 6.45) is 0. The second-order valence-corrected chi connectivity index (χ2v) is 9.30. The fraction of sp³-hybridized carbons (Fsp3) is 0.136. The van der Waals surface area contributed by atoms with E-state index in [0.29, 0.717) is 21.7 Å². The molecule has 0 amide bonds. The van der Waals surface area contributed by atoms with Gasteiger partial charge < -0.3 is 9.47 Å². The van der Waals surface area contributed by atoms with E-state index in [0.717, 1.165) is 5.56 Å². The number of halogens is 1. The predicted octanol–water partition coefficient (Wildman–Crippen LogP) is 4.57. The Morgan fingerprint density at radius 2 is 1.60 bits per heavy atom. The van der Waals surface area contributed by atoms with Crippen LogP contribution in [0.5, 0.6) is 11.5 Å². The Bertz CT molecular complexity index is 1130. The number of carbonyl (C=O) groups excluding carboxylic acids is 1. The van der Waals surface area contributed by atoms with Crippen LogP contribution in [0.25, 0.3) is 0 Å². The molecular weight excluding hydrogens is 470 g/mol. The summed E-state index contributed by atoms with van der Waals surface area (Å²) < 4.78 is 38.1. The maximum Gasteiger partial charge on any atom is 0.349 e. The lowest BCUT2D eigenvalue weighted by Crippen LogP contribution is -2.26. The molecule has 6 nitrogen and oxygen atoms in total. The number of anilines is 1. The summed E-state index contributed by atoms with van der Waals surface area (Å²) in [5, 5.41) is 0. The quantitative estimate of drug-likeness (QED) is 0.359. The summed E-state index contributed by atoms with van der Waals surface area (Å²) in [7, 11) is -2.19. The van der Waals surface area contributed by atoms with Crippen LogP contribution in [0.4, 0.5) is 5.69 Å². The zero-order chi connectivity index (χ0) is 21.7. The monoisotopic (exact) mass is 489 g/mol. The van der Waals surface area contributed by atoms with Crippen molar-refractivity contribution in [3.8, 4) is 11.5 Å². The van der Waals surface area contributed by atoms with Crippen molar-refractivity contribution in [3.63, 3.8) is 0 Å². The van der Waals surface area contributed by atoms with Gasteiger partial charge in [0.25, 0.3) is 10.0 Å². The highest BCUT2D eigenvalue weighted by atomic mass is 79.9. The van der Waals surface area contributed by atoms with Gasteiger partial charge in [-0.15, -0.1) is 0 Å². The van der Waals surface area contributed by atoms with Crippen LogP contribution in [-0.2, 0) is 14.8 Å². The number of esters is 1. The topological polar surface area (TPSA) is 72.9 Å². The third-order valence-electron chi connectivity index (χ3n) is 4.30. The molecule has 0 aliphatic carbocycles. The molecule has 8 heteroatoms. The van der Waals surface area contributed by atoms with Gasteiger partial charge in [0.15, 0.2) is 6.61 Å². The van der Waals surface area contributed by atoms with E-state index >= 15 is 0 Å². The Morgan fingerprint density at radius 1 is 0.967 bits per heavy atom. The van der Waals surface area contributed by atoms with Crippen molar-refractivity contribution in [2.75, 3.05) is 18.0 Å². The SMILES string of the molecule is Cc1ccc(S(=O)(=O)N(C)c2ccc(OCC(=O)Oc3ccccc3Br)cc2)cc1. The minimum absolute atomic E-state index is 0.214. The van der Waals surface area contributed by atoms with Crippen molar-refractivity contribution < 1.29 is 22.7 Å². The number of sulfonamides is 1. The molecular formula is C22H20BrNO5S. The Labute approximate surface area is 184 Å². The van der Waals surface area contributed by atoms with Crippen molar-refractivity contribution >= 4 is 37.6 Å². The van der Waals surface area contributed by atoms with E-state index in [1.54, 1.807) is 66.7 Å². The number of benzene rings is 3. The Morgan fingerprint density at radius 3 is 2.23 bits per heavy atom. The van der Waals surface area contributed by atoms with Crippen LogP contribution in [0, 0.1) is 6.92 Å². The molecule has 3 rings (SSSR count). The number of carbonyl (C=O) groups is 1. The van der Waals surface area contributed by atoms with E-state index in [1.165, 1.54) is 11.4 Å². The molecule has 0 spiro atoms. The second kappa shape index (κ2) is 9.32. The lowest BCUT2D eigenvalue weighted by molar-refractivity contribution is -0.136. The van der Waals surface area contributed by atoms with E-state index < -0.39 is 16.0 Å². The molecule has 156 valence electrons. The summed E-state index contributed by atoms with van der Waals surface area (Å²) >= 11 is 3.31. The largest absolute Gasteiger partial charge is 0.482 e. The van der Waals surface area contributed by atoms with Gasteiger partial charge in [0, 0.05) is 7.05 Å². The molecule has 0 fully saturated rings. The van der Waals surface area contributed by atoms with E-state index in [4.69, 9.17) is 9.47 Å². The van der Waals surface area contributed by atoms with Crippen LogP contribution in [-0.4, -0.2) is 28.0 Å². The molecule has 0 saturated carbocycles. The van der Waals surface area contributed by atoms with Gasteiger partial charge in [-0.25, -0.2) is 13.2 Å². The zero-order valence-electron chi connectivity index (χ0n) is 16.4. The molecule has 0 aliphatic heterocycles. The number of ether oxygens (including phenoxy) is 2. The first-order valence-electron chi connectivity index (χ1n) is 9.01. The lowest BCUT2D eigenvalue weighted by atomic mass is 10.2. The van der Waals surface area contributed by atoms with Crippen LogP contribution >= 0.6 is 15.9 Å². The second-order valence-electron chi connectivity index (χ2n) is 6.47. The molecule has 0 saturated heterocycles. The molecule has 0 unspecified atom stereocenters. The summed E-state index contributed by atoms with van der Waals surface area (Å²) in [5.74, 6) is 0.276. The standard InChI is InChI=1S/C22H20BrNO5S/c1-16-7-13-19(14-8-16)30(26,27)24(2)17-9-11-18(12-10-17)28-15-22(25)29-21-6-4-3-5-20(21)23/h3-14H,15H2,1-2H3. The predicted molar refractivity (Wildman–Crippen MR) is 118 cm³/mol. The molecule has 3 aromatic carbocycles. The Kier molecular flexibility index (Phi) is 6.79. The van der Waals surface area contributed by atoms with Crippen LogP contribution in [0.3, 0.4) is 0 Å². The average Bonchev–Trinajstić information content (AvgIpc) is 2.74. The Hall–Kier alpha value is -2.84. The van der Waals surface area contributed by atoms with E-state index in [9.17, 15) is 13.2 Å². The third-order valence-corrected chi connectivity index (χ3v) is 6.75. The fourth-order valence-corrected chi connectivity index (χ4v) is 4.14. The molecule has 0 bridgehead atoms. The highest BCUT2D eigenvalue weighted by molar-refractivity contribution is 9.10. The van der Waals surface area contributed by atoms with Crippen LogP contribution in [0.2, 0.25) is 0 Å². The molecule has 0 radical (unpaired) electrons. The average molecular weight is 490 g/mol. The van der Waals surface area contributed by atoms with Gasteiger partial charge >= 0.3 is 5.97 Å². The first-order valence-corrected chi connectivity index (χ1v) is 11.2. The van der Waals surface area contributed by atoms with E-state index in [-0.39, 0.29) is 11.5 Å². The van der Waals surface area contributed by atoms with Gasteiger partial charge in [0.1, 0.15) is 11.5 Å². The third kappa shape index (κ3) is 5.20. The van der Waals surface area contributed by atoms with Gasteiger partial charge in [0.2, 0.25) is 0 Å². The summed E-state index contributed by atoms with van der Waals surface area (Å²) in [4.78, 5) is 12.2. The zero-order valence-corrected chi connectivity index (χ0v) is 18.8. The van der Waals surface area contributed by atoms with Crippen molar-refractivity contribution in [1.29, 1.82) is 0 Å². The minimum Gasteiger partial charge on any atom is -0.482 e. The lowest BCUT2D eigenvalue weighted by Gasteiger charge is -2.20. The van der Waals surface area contributed by atoms with Crippen molar-refractivity contribution in [3.05, 3.63) is 82.8 Å². The van der Waals surface area contributed by atoms with Crippen molar-refractivity contribution in [1.82, 2.24) is 0 Å². The van der Waals surface area contributed by atoms with Gasteiger partial charge in [-0.3, -0.25) is 4.31 Å². The van der Waals surface area contributed by atoms with Gasteiger partial charge in [0.05, 0.1) is 15.1 Å². The highest BCUT2D eigenvalue weighted by Gasteiger charge is 2.21. The van der Waals surface area contributed by atoms with Gasteiger partial charge in [-0.1, -0.05) is 29.8 Å². The van der Waals surface area contributed by atoms with E-state index in [2.05, 4.69) is 15.9 Å². The minimum atomic E-state index is -3.67. The number of hydrogen-bond acceptors (Lipinski definition) is 5. The summed E-state index contributed by atoms with van der Waals surface area (Å²) in [6.45, 7) is 1.62. The molecule has 0 aliphatic rings. The first-order chi connectivity index (χ1) is 14.3. The normalized spacial score (nSPS) is 11.0. The smallest absolute Gasteiger partial charge is 0.349 e. The first kappa shape index (κ1) is 21.9. The molecule has 0 heterocycles. The van der Waals surface area contributed by atoms with E-state index in [1.807, 2.05) is 13.0 Å². The summed E-state index contributed by atoms with van der Waals surface area (Å²) in [5.41, 5.74) is 1.45. The van der Waals surface area contributed by atoms with Crippen LogP contribution < -0.4 is 13.8 Å². The molecule has 30 heavy (non-hydrogen) atoms. The van der Waals surface area contributed by atoms with Crippen LogP contribution in [0.1, 0.15) is 5.56 Å². The number of rotatable bonds is 7. The molecule has 0 atom stereocenters. The fourth-order valence-electron chi connectivity index (χ4n) is 2.58. The van der Waals surface area contributed by atoms with Crippen molar-refractivity contribution in [2.45, 2.75) is 11.8 Å². The van der Waals surface area contributed by atoms with Crippen molar-refractivity contribution in [2.24, 2.45) is 0 Å². The maximum atomic E-state index is 12.8. The molecule has 3 aromatic rings. The molecule has 0 aromatic heterocycles. The van der Waals surface area contributed by atoms with Crippen LogP contribution in [0.15, 0.2) is 82.2 Å². The maximum absolute atomic E-state index is 12.8. The van der Waals surface area contributed by atoms with Gasteiger partial charge in [-0.2, -0.15) is 0 Å².